The van der Waals surface area contributed by atoms with Crippen molar-refractivity contribution in [2.45, 2.75) is 5.38 Å². The molecule has 1 nitrogen and oxygen atoms in total. The van der Waals surface area contributed by atoms with E-state index < -0.39 is 5.38 Å². The Bertz CT molecular complexity index is 604. The van der Waals surface area contributed by atoms with Crippen LogP contribution in [-0.2, 0) is 0 Å². The summed E-state index contributed by atoms with van der Waals surface area (Å²) in [5.41, 5.74) is 1.00. The molecule has 0 saturated heterocycles. The van der Waals surface area contributed by atoms with E-state index in [1.54, 1.807) is 30.3 Å². The van der Waals surface area contributed by atoms with Crippen LogP contribution in [0.3, 0.4) is 0 Å². The zero-order valence-electron chi connectivity index (χ0n) is 9.96. The lowest BCUT2D eigenvalue weighted by atomic mass is 10.0. The van der Waals surface area contributed by atoms with Crippen molar-refractivity contribution in [3.8, 4) is 5.75 Å². The summed E-state index contributed by atoms with van der Waals surface area (Å²) in [6.45, 7) is 0. The van der Waals surface area contributed by atoms with E-state index in [-0.39, 0.29) is 5.82 Å². The predicted molar refractivity (Wildman–Crippen MR) is 79.8 cm³/mol. The molecule has 2 rings (SSSR count). The molecule has 1 atom stereocenters. The molecule has 0 fully saturated rings. The highest BCUT2D eigenvalue weighted by Crippen LogP contribution is 2.41. The second-order valence-corrected chi connectivity index (χ2v) is 5.62. The van der Waals surface area contributed by atoms with Gasteiger partial charge in [0, 0.05) is 16.1 Å². The Morgan fingerprint density at radius 3 is 2.53 bits per heavy atom. The van der Waals surface area contributed by atoms with E-state index in [9.17, 15) is 4.39 Å². The van der Waals surface area contributed by atoms with Crippen molar-refractivity contribution >= 4 is 39.1 Å². The van der Waals surface area contributed by atoms with Crippen LogP contribution >= 0.6 is 39.1 Å². The van der Waals surface area contributed by atoms with E-state index in [4.69, 9.17) is 27.9 Å². The fourth-order valence-corrected chi connectivity index (χ4v) is 3.17. The molecule has 0 spiro atoms. The molecular formula is C14H10BrCl2FO. The number of halogens is 4. The van der Waals surface area contributed by atoms with E-state index in [0.29, 0.717) is 26.4 Å². The van der Waals surface area contributed by atoms with Crippen LogP contribution in [0.4, 0.5) is 4.39 Å². The van der Waals surface area contributed by atoms with Gasteiger partial charge in [-0.2, -0.15) is 0 Å². The number of rotatable bonds is 3. The van der Waals surface area contributed by atoms with Gasteiger partial charge in [0.25, 0.3) is 0 Å². The average Bonchev–Trinajstić information content (AvgIpc) is 2.37. The Morgan fingerprint density at radius 2 is 1.89 bits per heavy atom. The molecule has 0 saturated carbocycles. The molecule has 2 aromatic carbocycles. The average molecular weight is 364 g/mol. The van der Waals surface area contributed by atoms with Crippen LogP contribution in [0.25, 0.3) is 0 Å². The number of alkyl halides is 1. The van der Waals surface area contributed by atoms with Crippen LogP contribution in [0.1, 0.15) is 16.5 Å². The Labute approximate surface area is 129 Å². The number of methoxy groups -OCH3 is 1. The zero-order chi connectivity index (χ0) is 14.0. The Balaban J connectivity index is 2.55. The summed E-state index contributed by atoms with van der Waals surface area (Å²) in [6, 6.07) is 9.75. The fraction of sp³-hybridized carbons (Fsp3) is 0.143. The summed E-state index contributed by atoms with van der Waals surface area (Å²) in [4.78, 5) is 0. The van der Waals surface area contributed by atoms with Gasteiger partial charge in [0.05, 0.1) is 17.0 Å². The lowest BCUT2D eigenvalue weighted by Crippen LogP contribution is -2.00. The second kappa shape index (κ2) is 6.12. The van der Waals surface area contributed by atoms with Crippen LogP contribution in [0.15, 0.2) is 40.9 Å². The summed E-state index contributed by atoms with van der Waals surface area (Å²) in [7, 11) is 1.53. The van der Waals surface area contributed by atoms with Crippen molar-refractivity contribution < 1.29 is 9.13 Å². The van der Waals surface area contributed by atoms with Gasteiger partial charge in [-0.15, -0.1) is 11.6 Å². The molecule has 0 amide bonds. The third-order valence-electron chi connectivity index (χ3n) is 2.69. The highest BCUT2D eigenvalue weighted by atomic mass is 79.9. The highest BCUT2D eigenvalue weighted by Gasteiger charge is 2.21. The molecule has 0 radical (unpaired) electrons. The zero-order valence-corrected chi connectivity index (χ0v) is 13.1. The largest absolute Gasteiger partial charge is 0.495 e. The van der Waals surface area contributed by atoms with Crippen LogP contribution in [0, 0.1) is 5.82 Å². The van der Waals surface area contributed by atoms with Crippen LogP contribution < -0.4 is 4.74 Å². The summed E-state index contributed by atoms with van der Waals surface area (Å²) >= 11 is 15.7. The molecular weight excluding hydrogens is 354 g/mol. The maximum Gasteiger partial charge on any atom is 0.138 e. The van der Waals surface area contributed by atoms with Crippen LogP contribution in [-0.4, -0.2) is 7.11 Å². The number of ether oxygens (including phenoxy) is 1. The molecule has 0 bridgehead atoms. The maximum atomic E-state index is 13.8. The van der Waals surface area contributed by atoms with E-state index in [1.165, 1.54) is 13.2 Å². The summed E-state index contributed by atoms with van der Waals surface area (Å²) in [5, 5.41) is -0.171. The first kappa shape index (κ1) is 14.6. The van der Waals surface area contributed by atoms with E-state index in [1.807, 2.05) is 0 Å². The molecule has 1 unspecified atom stereocenters. The first-order valence-electron chi connectivity index (χ1n) is 5.46. The van der Waals surface area contributed by atoms with E-state index in [0.717, 1.165) is 0 Å². The SMILES string of the molecule is COc1c(Br)cc(Cl)cc1C(Cl)c1ccccc1F. The van der Waals surface area contributed by atoms with Crippen molar-refractivity contribution in [3.63, 3.8) is 0 Å². The third-order valence-corrected chi connectivity index (χ3v) is 3.97. The number of hydrogen-bond donors (Lipinski definition) is 0. The van der Waals surface area contributed by atoms with Gasteiger partial charge in [-0.3, -0.25) is 0 Å². The quantitative estimate of drug-likeness (QED) is 0.647. The van der Waals surface area contributed by atoms with Crippen LogP contribution in [0.2, 0.25) is 5.02 Å². The van der Waals surface area contributed by atoms with Gasteiger partial charge in [0.1, 0.15) is 11.6 Å². The van der Waals surface area contributed by atoms with E-state index >= 15 is 0 Å². The van der Waals surface area contributed by atoms with Gasteiger partial charge in [-0.05, 0) is 34.1 Å². The van der Waals surface area contributed by atoms with Crippen molar-refractivity contribution in [2.24, 2.45) is 0 Å². The van der Waals surface area contributed by atoms with Crippen molar-refractivity contribution in [1.29, 1.82) is 0 Å². The van der Waals surface area contributed by atoms with Gasteiger partial charge in [-0.1, -0.05) is 29.8 Å². The van der Waals surface area contributed by atoms with Crippen molar-refractivity contribution in [3.05, 3.63) is 62.8 Å². The van der Waals surface area contributed by atoms with Crippen molar-refractivity contribution in [1.82, 2.24) is 0 Å². The summed E-state index contributed by atoms with van der Waals surface area (Å²) in [5.74, 6) is 0.188. The number of benzene rings is 2. The third kappa shape index (κ3) is 3.04. The van der Waals surface area contributed by atoms with Gasteiger partial charge < -0.3 is 4.74 Å². The molecule has 0 N–H and O–H groups in total. The minimum atomic E-state index is -0.675. The molecule has 2 aromatic rings. The molecule has 0 heterocycles. The molecule has 0 aliphatic carbocycles. The van der Waals surface area contributed by atoms with Gasteiger partial charge in [-0.25, -0.2) is 4.39 Å². The minimum absolute atomic E-state index is 0.361. The number of hydrogen-bond acceptors (Lipinski definition) is 1. The Hall–Kier alpha value is -0.770. The predicted octanol–water partition coefficient (Wildman–Crippen LogP) is 5.58. The first-order chi connectivity index (χ1) is 9.04. The molecule has 5 heteroatoms. The van der Waals surface area contributed by atoms with Gasteiger partial charge >= 0.3 is 0 Å². The molecule has 0 aromatic heterocycles. The fourth-order valence-electron chi connectivity index (χ4n) is 1.83. The smallest absolute Gasteiger partial charge is 0.138 e. The van der Waals surface area contributed by atoms with Crippen molar-refractivity contribution in [2.75, 3.05) is 7.11 Å². The second-order valence-electron chi connectivity index (χ2n) is 3.89. The molecule has 0 aliphatic heterocycles. The highest BCUT2D eigenvalue weighted by molar-refractivity contribution is 9.10. The standard InChI is InChI=1S/C14H10BrCl2FO/c1-19-14-10(6-8(16)7-11(14)15)13(17)9-4-2-3-5-12(9)18/h2-7,13H,1H3. The Kier molecular flexibility index (Phi) is 4.71. The molecule has 0 aliphatic rings. The first-order valence-corrected chi connectivity index (χ1v) is 7.06. The van der Waals surface area contributed by atoms with Gasteiger partial charge in [0.15, 0.2) is 0 Å². The Morgan fingerprint density at radius 1 is 1.21 bits per heavy atom. The lowest BCUT2D eigenvalue weighted by Gasteiger charge is -2.16. The topological polar surface area (TPSA) is 9.23 Å². The normalized spacial score (nSPS) is 12.3. The minimum Gasteiger partial charge on any atom is -0.495 e. The summed E-state index contributed by atoms with van der Waals surface area (Å²) < 4.78 is 19.8. The van der Waals surface area contributed by atoms with Gasteiger partial charge in [0.2, 0.25) is 0 Å². The maximum absolute atomic E-state index is 13.8. The van der Waals surface area contributed by atoms with E-state index in [2.05, 4.69) is 15.9 Å². The molecule has 19 heavy (non-hydrogen) atoms. The molecule has 100 valence electrons. The summed E-state index contributed by atoms with van der Waals surface area (Å²) in [6.07, 6.45) is 0. The monoisotopic (exact) mass is 362 g/mol. The lowest BCUT2D eigenvalue weighted by molar-refractivity contribution is 0.407. The van der Waals surface area contributed by atoms with Crippen LogP contribution in [0.5, 0.6) is 5.75 Å².